The number of thiophene rings is 1. The van der Waals surface area contributed by atoms with Gasteiger partial charge in [0.2, 0.25) is 11.8 Å². The molecular formula is C12H13N3O2S. The molecule has 3 rings (SSSR count). The maximum Gasteiger partial charge on any atom is 0.234 e. The molecule has 1 fully saturated rings. The lowest BCUT2D eigenvalue weighted by atomic mass is 10.3. The molecule has 0 radical (unpaired) electrons. The zero-order chi connectivity index (χ0) is 12.4. The van der Waals surface area contributed by atoms with Crippen molar-refractivity contribution < 1.29 is 9.21 Å². The number of oxazole rings is 1. The molecule has 0 aliphatic carbocycles. The molecule has 94 valence electrons. The summed E-state index contributed by atoms with van der Waals surface area (Å²) >= 11 is 1.62. The van der Waals surface area contributed by atoms with Gasteiger partial charge in [-0.1, -0.05) is 6.07 Å². The molecule has 0 aromatic carbocycles. The standard InChI is InChI=1S/C12H13N3O2S/c16-11-7-15(4-3-13-11)8-12-14-6-9(17-12)10-2-1-5-18-10/h1-2,5-6H,3-4,7-8H2,(H,13,16). The number of rotatable bonds is 3. The van der Waals surface area contributed by atoms with Crippen molar-refractivity contribution in [3.05, 3.63) is 29.6 Å². The Morgan fingerprint density at radius 3 is 3.28 bits per heavy atom. The largest absolute Gasteiger partial charge is 0.438 e. The Morgan fingerprint density at radius 2 is 2.50 bits per heavy atom. The topological polar surface area (TPSA) is 58.4 Å². The van der Waals surface area contributed by atoms with E-state index in [1.165, 1.54) is 0 Å². The normalized spacial score (nSPS) is 16.8. The number of piperazine rings is 1. The minimum absolute atomic E-state index is 0.0614. The summed E-state index contributed by atoms with van der Waals surface area (Å²) in [6.45, 7) is 2.52. The van der Waals surface area contributed by atoms with Gasteiger partial charge in [0.1, 0.15) is 0 Å². The molecule has 2 aromatic rings. The first-order valence-corrected chi connectivity index (χ1v) is 6.67. The number of carbonyl (C=O) groups is 1. The Balaban J connectivity index is 1.68. The van der Waals surface area contributed by atoms with Gasteiger partial charge >= 0.3 is 0 Å². The van der Waals surface area contributed by atoms with Crippen LogP contribution in [0.15, 0.2) is 28.1 Å². The molecular weight excluding hydrogens is 250 g/mol. The number of nitrogens with one attached hydrogen (secondary N) is 1. The van der Waals surface area contributed by atoms with E-state index in [0.717, 1.165) is 17.2 Å². The van der Waals surface area contributed by atoms with Gasteiger partial charge in [-0.15, -0.1) is 11.3 Å². The molecule has 3 heterocycles. The average molecular weight is 263 g/mol. The highest BCUT2D eigenvalue weighted by Gasteiger charge is 2.18. The van der Waals surface area contributed by atoms with E-state index in [0.29, 0.717) is 25.5 Å². The van der Waals surface area contributed by atoms with Gasteiger partial charge in [0.15, 0.2) is 5.76 Å². The van der Waals surface area contributed by atoms with Gasteiger partial charge in [0, 0.05) is 13.1 Å². The third-order valence-electron chi connectivity index (χ3n) is 2.79. The molecule has 1 saturated heterocycles. The van der Waals surface area contributed by atoms with Crippen LogP contribution in [0.5, 0.6) is 0 Å². The number of nitrogens with zero attached hydrogens (tertiary/aromatic N) is 2. The average Bonchev–Trinajstić information content (AvgIpc) is 2.98. The van der Waals surface area contributed by atoms with E-state index in [-0.39, 0.29) is 5.91 Å². The smallest absolute Gasteiger partial charge is 0.234 e. The summed E-state index contributed by atoms with van der Waals surface area (Å²) in [7, 11) is 0. The van der Waals surface area contributed by atoms with Crippen molar-refractivity contribution in [3.8, 4) is 10.6 Å². The second kappa shape index (κ2) is 4.91. The van der Waals surface area contributed by atoms with Crippen molar-refractivity contribution in [3.63, 3.8) is 0 Å². The van der Waals surface area contributed by atoms with Crippen LogP contribution >= 0.6 is 11.3 Å². The zero-order valence-corrected chi connectivity index (χ0v) is 10.6. The van der Waals surface area contributed by atoms with Crippen molar-refractivity contribution >= 4 is 17.2 Å². The molecule has 0 bridgehead atoms. The van der Waals surface area contributed by atoms with Gasteiger partial charge in [-0.05, 0) is 11.4 Å². The van der Waals surface area contributed by atoms with Gasteiger partial charge in [-0.25, -0.2) is 4.98 Å². The lowest BCUT2D eigenvalue weighted by Crippen LogP contribution is -2.47. The summed E-state index contributed by atoms with van der Waals surface area (Å²) in [6, 6.07) is 3.99. The lowest BCUT2D eigenvalue weighted by Gasteiger charge is -2.24. The Kier molecular flexibility index (Phi) is 3.12. The molecule has 1 N–H and O–H groups in total. The Morgan fingerprint density at radius 1 is 1.56 bits per heavy atom. The van der Waals surface area contributed by atoms with Crippen LogP contribution < -0.4 is 5.32 Å². The quantitative estimate of drug-likeness (QED) is 0.907. The van der Waals surface area contributed by atoms with E-state index in [9.17, 15) is 4.79 Å². The fraction of sp³-hybridized carbons (Fsp3) is 0.333. The third-order valence-corrected chi connectivity index (χ3v) is 3.68. The minimum Gasteiger partial charge on any atom is -0.438 e. The second-order valence-electron chi connectivity index (χ2n) is 4.16. The molecule has 2 aromatic heterocycles. The Labute approximate surface area is 108 Å². The summed E-state index contributed by atoms with van der Waals surface area (Å²) in [4.78, 5) is 18.6. The highest BCUT2D eigenvalue weighted by Crippen LogP contribution is 2.25. The number of amides is 1. The fourth-order valence-electron chi connectivity index (χ4n) is 1.93. The number of carbonyl (C=O) groups excluding carboxylic acids is 1. The van der Waals surface area contributed by atoms with Crippen LogP contribution in [0.4, 0.5) is 0 Å². The van der Waals surface area contributed by atoms with Crippen molar-refractivity contribution in [1.82, 2.24) is 15.2 Å². The van der Waals surface area contributed by atoms with E-state index in [1.807, 2.05) is 22.4 Å². The summed E-state index contributed by atoms with van der Waals surface area (Å²) in [5, 5.41) is 4.80. The van der Waals surface area contributed by atoms with Crippen molar-refractivity contribution in [2.24, 2.45) is 0 Å². The molecule has 5 nitrogen and oxygen atoms in total. The summed E-state index contributed by atoms with van der Waals surface area (Å²) in [6.07, 6.45) is 1.74. The Bertz CT molecular complexity index is 535. The van der Waals surface area contributed by atoms with E-state index >= 15 is 0 Å². The fourth-order valence-corrected chi connectivity index (χ4v) is 2.61. The Hall–Kier alpha value is -1.66. The maximum atomic E-state index is 11.3. The van der Waals surface area contributed by atoms with Gasteiger partial charge in [-0.2, -0.15) is 0 Å². The van der Waals surface area contributed by atoms with Crippen molar-refractivity contribution in [2.45, 2.75) is 6.54 Å². The van der Waals surface area contributed by atoms with Crippen LogP contribution in [0.3, 0.4) is 0 Å². The van der Waals surface area contributed by atoms with Gasteiger partial charge < -0.3 is 9.73 Å². The molecule has 0 saturated carbocycles. The van der Waals surface area contributed by atoms with E-state index in [2.05, 4.69) is 10.3 Å². The summed E-state index contributed by atoms with van der Waals surface area (Å²) in [5.74, 6) is 1.51. The highest BCUT2D eigenvalue weighted by molar-refractivity contribution is 7.13. The number of hydrogen-bond donors (Lipinski definition) is 1. The molecule has 1 aliphatic heterocycles. The van der Waals surface area contributed by atoms with Crippen molar-refractivity contribution in [2.75, 3.05) is 19.6 Å². The van der Waals surface area contributed by atoms with Crippen LogP contribution in [-0.4, -0.2) is 35.4 Å². The SMILES string of the molecule is O=C1CN(Cc2ncc(-c3cccs3)o2)CCN1. The maximum absolute atomic E-state index is 11.3. The predicted octanol–water partition coefficient (Wildman–Crippen LogP) is 1.33. The summed E-state index contributed by atoms with van der Waals surface area (Å²) < 4.78 is 5.69. The van der Waals surface area contributed by atoms with Crippen LogP contribution in [0.2, 0.25) is 0 Å². The first-order valence-electron chi connectivity index (χ1n) is 5.79. The molecule has 0 spiro atoms. The first-order chi connectivity index (χ1) is 8.81. The molecule has 6 heteroatoms. The van der Waals surface area contributed by atoms with E-state index in [1.54, 1.807) is 17.5 Å². The molecule has 0 atom stereocenters. The van der Waals surface area contributed by atoms with Crippen LogP contribution in [-0.2, 0) is 11.3 Å². The number of hydrogen-bond acceptors (Lipinski definition) is 5. The second-order valence-corrected chi connectivity index (χ2v) is 5.10. The highest BCUT2D eigenvalue weighted by atomic mass is 32.1. The van der Waals surface area contributed by atoms with Crippen molar-refractivity contribution in [1.29, 1.82) is 0 Å². The van der Waals surface area contributed by atoms with Crippen LogP contribution in [0.1, 0.15) is 5.89 Å². The summed E-state index contributed by atoms with van der Waals surface area (Å²) in [5.41, 5.74) is 0. The lowest BCUT2D eigenvalue weighted by molar-refractivity contribution is -0.124. The van der Waals surface area contributed by atoms with E-state index in [4.69, 9.17) is 4.42 Å². The third kappa shape index (κ3) is 2.44. The molecule has 1 aliphatic rings. The minimum atomic E-state index is 0.0614. The van der Waals surface area contributed by atoms with E-state index < -0.39 is 0 Å². The monoisotopic (exact) mass is 263 g/mol. The van der Waals surface area contributed by atoms with Crippen LogP contribution in [0.25, 0.3) is 10.6 Å². The van der Waals surface area contributed by atoms with Gasteiger partial charge in [0.25, 0.3) is 0 Å². The predicted molar refractivity (Wildman–Crippen MR) is 68.1 cm³/mol. The van der Waals surface area contributed by atoms with Gasteiger partial charge in [0.05, 0.1) is 24.2 Å². The van der Waals surface area contributed by atoms with Gasteiger partial charge in [-0.3, -0.25) is 9.69 Å². The zero-order valence-electron chi connectivity index (χ0n) is 9.76. The number of aromatic nitrogens is 1. The van der Waals surface area contributed by atoms with Crippen LogP contribution in [0, 0.1) is 0 Å². The molecule has 1 amide bonds. The molecule has 18 heavy (non-hydrogen) atoms. The molecule has 0 unspecified atom stereocenters. The first kappa shape index (κ1) is 11.4.